The van der Waals surface area contributed by atoms with Gasteiger partial charge >= 0.3 is 0 Å². The third kappa shape index (κ3) is 2.33. The molecule has 0 aliphatic rings. The number of thiophene rings is 1. The molecule has 0 aromatic carbocycles. The first-order valence-corrected chi connectivity index (χ1v) is 6.30. The molecule has 0 fully saturated rings. The van der Waals surface area contributed by atoms with Gasteiger partial charge in [-0.2, -0.15) is 16.4 Å². The first kappa shape index (κ1) is 11.4. The second-order valence-corrected chi connectivity index (χ2v) is 4.75. The average Bonchev–Trinajstić information content (AvgIpc) is 2.84. The number of rotatable bonds is 4. The third-order valence-corrected chi connectivity index (χ3v) is 3.73. The highest BCUT2D eigenvalue weighted by Crippen LogP contribution is 2.25. The quantitative estimate of drug-likeness (QED) is 0.885. The maximum atomic E-state index is 10.1. The van der Waals surface area contributed by atoms with Gasteiger partial charge in [-0.05, 0) is 47.7 Å². The minimum absolute atomic E-state index is 0.360. The Morgan fingerprint density at radius 2 is 2.31 bits per heavy atom. The fraction of sp³-hybridized carbons (Fsp3) is 0.417. The monoisotopic (exact) mass is 236 g/mol. The van der Waals surface area contributed by atoms with Crippen molar-refractivity contribution < 1.29 is 5.11 Å². The zero-order chi connectivity index (χ0) is 11.5. The van der Waals surface area contributed by atoms with Gasteiger partial charge in [0.05, 0.1) is 6.10 Å². The van der Waals surface area contributed by atoms with Crippen LogP contribution in [0.3, 0.4) is 0 Å². The summed E-state index contributed by atoms with van der Waals surface area (Å²) in [6, 6.07) is 1.99. The van der Waals surface area contributed by atoms with Gasteiger partial charge in [-0.3, -0.25) is 4.68 Å². The molecule has 4 heteroatoms. The van der Waals surface area contributed by atoms with Crippen molar-refractivity contribution in [1.29, 1.82) is 0 Å². The van der Waals surface area contributed by atoms with E-state index in [2.05, 4.69) is 10.5 Å². The largest absolute Gasteiger partial charge is 0.388 e. The van der Waals surface area contributed by atoms with E-state index in [9.17, 15) is 5.11 Å². The van der Waals surface area contributed by atoms with Gasteiger partial charge < -0.3 is 5.11 Å². The molecule has 0 saturated carbocycles. The van der Waals surface area contributed by atoms with Gasteiger partial charge in [0, 0.05) is 18.9 Å². The van der Waals surface area contributed by atoms with Crippen molar-refractivity contribution in [3.05, 3.63) is 39.8 Å². The van der Waals surface area contributed by atoms with Crippen LogP contribution in [0.5, 0.6) is 0 Å². The molecule has 0 saturated heterocycles. The highest BCUT2D eigenvalue weighted by atomic mass is 32.1. The van der Waals surface area contributed by atoms with Crippen LogP contribution in [0.4, 0.5) is 0 Å². The van der Waals surface area contributed by atoms with Crippen LogP contribution in [-0.4, -0.2) is 14.9 Å². The van der Waals surface area contributed by atoms with Crippen molar-refractivity contribution in [3.8, 4) is 0 Å². The van der Waals surface area contributed by atoms with Gasteiger partial charge in [0.2, 0.25) is 0 Å². The van der Waals surface area contributed by atoms with Crippen molar-refractivity contribution in [3.63, 3.8) is 0 Å². The fourth-order valence-corrected chi connectivity index (χ4v) is 2.70. The molecule has 2 heterocycles. The molecule has 0 spiro atoms. The summed E-state index contributed by atoms with van der Waals surface area (Å²) in [5.74, 6) is 0. The van der Waals surface area contributed by atoms with E-state index < -0.39 is 0 Å². The van der Waals surface area contributed by atoms with E-state index in [0.717, 1.165) is 24.1 Å². The Balaban J connectivity index is 1.97. The lowest BCUT2D eigenvalue weighted by Gasteiger charge is -2.10. The maximum absolute atomic E-state index is 10.1. The molecule has 1 atom stereocenters. The van der Waals surface area contributed by atoms with Gasteiger partial charge in [0.25, 0.3) is 0 Å². The molecule has 1 unspecified atom stereocenters. The van der Waals surface area contributed by atoms with Crippen LogP contribution in [0.25, 0.3) is 0 Å². The summed E-state index contributed by atoms with van der Waals surface area (Å²) in [5.41, 5.74) is 3.40. The highest BCUT2D eigenvalue weighted by molar-refractivity contribution is 7.08. The molecular weight excluding hydrogens is 220 g/mol. The second-order valence-electron chi connectivity index (χ2n) is 4.01. The first-order chi connectivity index (χ1) is 7.68. The van der Waals surface area contributed by atoms with E-state index in [1.54, 1.807) is 17.5 Å². The van der Waals surface area contributed by atoms with Crippen LogP contribution in [0.15, 0.2) is 23.0 Å². The summed E-state index contributed by atoms with van der Waals surface area (Å²) in [6.45, 7) is 2.04. The van der Waals surface area contributed by atoms with Gasteiger partial charge in [-0.25, -0.2) is 0 Å². The van der Waals surface area contributed by atoms with Gasteiger partial charge in [0.1, 0.15) is 0 Å². The predicted molar refractivity (Wildman–Crippen MR) is 65.5 cm³/mol. The molecule has 1 N–H and O–H groups in total. The van der Waals surface area contributed by atoms with Crippen LogP contribution < -0.4 is 0 Å². The number of aliphatic hydroxyl groups excluding tert-OH is 1. The average molecular weight is 236 g/mol. The van der Waals surface area contributed by atoms with Crippen LogP contribution in [-0.2, 0) is 13.5 Å². The third-order valence-electron chi connectivity index (χ3n) is 2.85. The lowest BCUT2D eigenvalue weighted by molar-refractivity contribution is 0.167. The summed E-state index contributed by atoms with van der Waals surface area (Å²) in [4.78, 5) is 0. The van der Waals surface area contributed by atoms with Crippen molar-refractivity contribution >= 4 is 11.3 Å². The molecule has 0 aliphatic heterocycles. The molecule has 86 valence electrons. The molecule has 3 nitrogen and oxygen atoms in total. The van der Waals surface area contributed by atoms with E-state index in [1.807, 2.05) is 30.1 Å². The Bertz CT molecular complexity index is 461. The maximum Gasteiger partial charge on any atom is 0.0804 e. The number of aliphatic hydroxyl groups is 1. The summed E-state index contributed by atoms with van der Waals surface area (Å²) < 4.78 is 1.85. The number of nitrogens with zero attached hydrogens (tertiary/aromatic N) is 2. The van der Waals surface area contributed by atoms with Crippen LogP contribution >= 0.6 is 11.3 Å². The highest BCUT2D eigenvalue weighted by Gasteiger charge is 2.11. The molecule has 2 aromatic rings. The summed E-state index contributed by atoms with van der Waals surface area (Å²) in [7, 11) is 1.93. The normalized spacial score (nSPS) is 12.9. The van der Waals surface area contributed by atoms with Gasteiger partial charge in [0.15, 0.2) is 0 Å². The van der Waals surface area contributed by atoms with E-state index in [1.165, 1.54) is 5.56 Å². The van der Waals surface area contributed by atoms with Gasteiger partial charge in [-0.15, -0.1) is 0 Å². The Labute approximate surface area is 99.4 Å². The zero-order valence-electron chi connectivity index (χ0n) is 9.55. The van der Waals surface area contributed by atoms with Crippen LogP contribution in [0.2, 0.25) is 0 Å². The lowest BCUT2D eigenvalue weighted by atomic mass is 10.0. The Kier molecular flexibility index (Phi) is 3.41. The molecule has 2 rings (SSSR count). The fourth-order valence-electron chi connectivity index (χ4n) is 1.80. The number of aromatic nitrogens is 2. The Hall–Kier alpha value is -1.13. The number of hydrogen-bond acceptors (Lipinski definition) is 3. The van der Waals surface area contributed by atoms with Gasteiger partial charge in [-0.1, -0.05) is 0 Å². The standard InChI is InChI=1S/C12H16N2OS/c1-9-7-16-8-11(9)12(15)4-3-10-5-6-13-14(10)2/h5-8,12,15H,3-4H2,1-2H3. The van der Waals surface area contributed by atoms with E-state index >= 15 is 0 Å². The number of aryl methyl sites for hydroxylation is 3. The summed E-state index contributed by atoms with van der Waals surface area (Å²) >= 11 is 1.64. The minimum Gasteiger partial charge on any atom is -0.388 e. The second kappa shape index (κ2) is 4.80. The predicted octanol–water partition coefficient (Wildman–Crippen LogP) is 2.46. The van der Waals surface area contributed by atoms with Crippen LogP contribution in [0, 0.1) is 6.92 Å². The molecule has 0 radical (unpaired) electrons. The Morgan fingerprint density at radius 1 is 1.50 bits per heavy atom. The molecule has 0 amide bonds. The molecule has 0 bridgehead atoms. The van der Waals surface area contributed by atoms with Crippen molar-refractivity contribution in [2.24, 2.45) is 7.05 Å². The first-order valence-electron chi connectivity index (χ1n) is 5.36. The molecule has 16 heavy (non-hydrogen) atoms. The topological polar surface area (TPSA) is 38.1 Å². The SMILES string of the molecule is Cc1cscc1C(O)CCc1ccnn1C. The molecule has 0 aliphatic carbocycles. The zero-order valence-corrected chi connectivity index (χ0v) is 10.4. The van der Waals surface area contributed by atoms with E-state index in [0.29, 0.717) is 0 Å². The number of hydrogen-bond donors (Lipinski definition) is 1. The van der Waals surface area contributed by atoms with Crippen molar-refractivity contribution in [2.45, 2.75) is 25.9 Å². The molecular formula is C12H16N2OS. The lowest BCUT2D eigenvalue weighted by Crippen LogP contribution is -2.03. The smallest absolute Gasteiger partial charge is 0.0804 e. The van der Waals surface area contributed by atoms with Crippen LogP contribution in [0.1, 0.15) is 29.3 Å². The molecule has 2 aromatic heterocycles. The minimum atomic E-state index is -0.360. The Morgan fingerprint density at radius 3 is 2.88 bits per heavy atom. The summed E-state index contributed by atoms with van der Waals surface area (Å²) in [6.07, 6.45) is 3.03. The van der Waals surface area contributed by atoms with Crippen molar-refractivity contribution in [1.82, 2.24) is 9.78 Å². The van der Waals surface area contributed by atoms with E-state index in [-0.39, 0.29) is 6.10 Å². The van der Waals surface area contributed by atoms with E-state index in [4.69, 9.17) is 0 Å². The summed E-state index contributed by atoms with van der Waals surface area (Å²) in [5, 5.41) is 18.3. The van der Waals surface area contributed by atoms with Crippen molar-refractivity contribution in [2.75, 3.05) is 0 Å².